The van der Waals surface area contributed by atoms with E-state index in [1.54, 1.807) is 0 Å². The van der Waals surface area contributed by atoms with Crippen molar-refractivity contribution in [2.75, 3.05) is 13.2 Å². The molecule has 5 heteroatoms. The number of halogens is 1. The van der Waals surface area contributed by atoms with Crippen molar-refractivity contribution in [3.63, 3.8) is 0 Å². The number of rotatable bonds is 8. The monoisotopic (exact) mass is 376 g/mol. The first-order valence-corrected chi connectivity index (χ1v) is 8.80. The lowest BCUT2D eigenvalue weighted by Gasteiger charge is -2.20. The van der Waals surface area contributed by atoms with Gasteiger partial charge < -0.3 is 15.8 Å². The van der Waals surface area contributed by atoms with E-state index in [4.69, 9.17) is 10.5 Å². The van der Waals surface area contributed by atoms with Crippen LogP contribution < -0.4 is 15.8 Å². The maximum atomic E-state index is 12.3. The molecule has 0 saturated carbocycles. The number of nitrogens with one attached hydrogen (secondary N) is 1. The van der Waals surface area contributed by atoms with Gasteiger partial charge in [0, 0.05) is 6.04 Å². The van der Waals surface area contributed by atoms with Gasteiger partial charge in [-0.1, -0.05) is 69.3 Å². The van der Waals surface area contributed by atoms with E-state index in [-0.39, 0.29) is 30.3 Å². The molecule has 26 heavy (non-hydrogen) atoms. The van der Waals surface area contributed by atoms with Crippen molar-refractivity contribution < 1.29 is 9.53 Å². The Morgan fingerprint density at radius 1 is 1.04 bits per heavy atom. The maximum absolute atomic E-state index is 12.3. The van der Waals surface area contributed by atoms with Crippen LogP contribution in [0, 0.1) is 5.92 Å². The van der Waals surface area contributed by atoms with E-state index in [0.717, 1.165) is 11.3 Å². The molecule has 0 spiro atoms. The lowest BCUT2D eigenvalue weighted by atomic mass is 9.95. The first-order valence-electron chi connectivity index (χ1n) is 8.80. The van der Waals surface area contributed by atoms with Crippen LogP contribution in [-0.4, -0.2) is 19.1 Å². The summed E-state index contributed by atoms with van der Waals surface area (Å²) in [6, 6.07) is 17.4. The van der Waals surface area contributed by atoms with Gasteiger partial charge in [-0.05, 0) is 23.1 Å². The van der Waals surface area contributed by atoms with Crippen molar-refractivity contribution in [1.29, 1.82) is 0 Å². The van der Waals surface area contributed by atoms with Gasteiger partial charge in [0.1, 0.15) is 12.4 Å². The number of para-hydroxylation sites is 1. The molecule has 0 aromatic heterocycles. The minimum atomic E-state index is -0.316. The average molecular weight is 377 g/mol. The van der Waals surface area contributed by atoms with Gasteiger partial charge in [-0.3, -0.25) is 4.79 Å². The molecule has 2 aromatic rings. The standard InChI is InChI=1S/C21H28N2O2.ClH/c1-15(2)18-11-7-8-12-19(18)25-14-13-23-21(24)16(3)20(22)17-9-5-4-6-10-17;/h4-12,15-16,20H,13-14,22H2,1-3H3,(H,23,24);1H. The second-order valence-electron chi connectivity index (χ2n) is 6.56. The predicted molar refractivity (Wildman–Crippen MR) is 109 cm³/mol. The SMILES string of the molecule is CC(C)c1ccccc1OCCNC(=O)C(C)C(N)c1ccccc1.Cl. The number of ether oxygens (including phenoxy) is 1. The highest BCUT2D eigenvalue weighted by atomic mass is 35.5. The number of benzene rings is 2. The maximum Gasteiger partial charge on any atom is 0.224 e. The van der Waals surface area contributed by atoms with E-state index in [2.05, 4.69) is 25.2 Å². The number of hydrogen-bond donors (Lipinski definition) is 2. The summed E-state index contributed by atoms with van der Waals surface area (Å²) >= 11 is 0. The Kier molecular flexibility index (Phi) is 9.17. The van der Waals surface area contributed by atoms with Gasteiger partial charge in [0.25, 0.3) is 0 Å². The van der Waals surface area contributed by atoms with Crippen LogP contribution in [0.2, 0.25) is 0 Å². The van der Waals surface area contributed by atoms with Crippen LogP contribution in [0.15, 0.2) is 54.6 Å². The van der Waals surface area contributed by atoms with Gasteiger partial charge in [-0.25, -0.2) is 0 Å². The van der Waals surface area contributed by atoms with Crippen LogP contribution in [0.25, 0.3) is 0 Å². The van der Waals surface area contributed by atoms with E-state index < -0.39 is 0 Å². The molecule has 0 radical (unpaired) electrons. The number of carbonyl (C=O) groups excluding carboxylic acids is 1. The Morgan fingerprint density at radius 3 is 2.31 bits per heavy atom. The zero-order chi connectivity index (χ0) is 18.2. The molecule has 2 rings (SSSR count). The summed E-state index contributed by atoms with van der Waals surface area (Å²) in [7, 11) is 0. The van der Waals surface area contributed by atoms with Crippen molar-refractivity contribution in [2.24, 2.45) is 11.7 Å². The number of nitrogens with two attached hydrogens (primary N) is 1. The van der Waals surface area contributed by atoms with Gasteiger partial charge in [-0.2, -0.15) is 0 Å². The van der Waals surface area contributed by atoms with E-state index in [1.807, 2.05) is 55.5 Å². The fourth-order valence-corrected chi connectivity index (χ4v) is 2.71. The third-order valence-electron chi connectivity index (χ3n) is 4.34. The summed E-state index contributed by atoms with van der Waals surface area (Å²) in [6.07, 6.45) is 0. The Bertz CT molecular complexity index is 677. The summed E-state index contributed by atoms with van der Waals surface area (Å²) in [4.78, 5) is 12.3. The fourth-order valence-electron chi connectivity index (χ4n) is 2.71. The van der Waals surface area contributed by atoms with Crippen molar-refractivity contribution in [3.8, 4) is 5.75 Å². The van der Waals surface area contributed by atoms with Gasteiger partial charge in [0.2, 0.25) is 5.91 Å². The van der Waals surface area contributed by atoms with Crippen molar-refractivity contribution in [1.82, 2.24) is 5.32 Å². The highest BCUT2D eigenvalue weighted by molar-refractivity contribution is 5.85. The van der Waals surface area contributed by atoms with Crippen LogP contribution in [-0.2, 0) is 4.79 Å². The Labute approximate surface area is 162 Å². The quantitative estimate of drug-likeness (QED) is 0.683. The van der Waals surface area contributed by atoms with Crippen molar-refractivity contribution >= 4 is 18.3 Å². The molecule has 0 aliphatic heterocycles. The van der Waals surface area contributed by atoms with Gasteiger partial charge in [0.05, 0.1) is 12.5 Å². The number of carbonyl (C=O) groups is 1. The summed E-state index contributed by atoms with van der Waals surface area (Å²) in [6.45, 7) is 7.01. The fraction of sp³-hybridized carbons (Fsp3) is 0.381. The smallest absolute Gasteiger partial charge is 0.224 e. The third-order valence-corrected chi connectivity index (χ3v) is 4.34. The predicted octanol–water partition coefficient (Wildman–Crippen LogP) is 4.06. The zero-order valence-electron chi connectivity index (χ0n) is 15.6. The van der Waals surface area contributed by atoms with E-state index >= 15 is 0 Å². The van der Waals surface area contributed by atoms with Gasteiger partial charge in [0.15, 0.2) is 0 Å². The summed E-state index contributed by atoms with van der Waals surface area (Å²) in [5, 5.41) is 2.91. The molecular weight excluding hydrogens is 348 g/mol. The van der Waals surface area contributed by atoms with Gasteiger partial charge >= 0.3 is 0 Å². The molecule has 0 saturated heterocycles. The van der Waals surface area contributed by atoms with Crippen LogP contribution in [0.3, 0.4) is 0 Å². The summed E-state index contributed by atoms with van der Waals surface area (Å²) < 4.78 is 5.83. The normalized spacial score (nSPS) is 12.8. The second kappa shape index (κ2) is 10.8. The van der Waals surface area contributed by atoms with Crippen LogP contribution in [0.1, 0.15) is 43.9 Å². The van der Waals surface area contributed by atoms with Crippen molar-refractivity contribution in [3.05, 3.63) is 65.7 Å². The molecular formula is C21H29ClN2O2. The molecule has 0 bridgehead atoms. The highest BCUT2D eigenvalue weighted by Crippen LogP contribution is 2.25. The lowest BCUT2D eigenvalue weighted by Crippen LogP contribution is -2.37. The summed E-state index contributed by atoms with van der Waals surface area (Å²) in [5.41, 5.74) is 8.34. The van der Waals surface area contributed by atoms with Crippen LogP contribution in [0.4, 0.5) is 0 Å². The molecule has 2 aromatic carbocycles. The largest absolute Gasteiger partial charge is 0.491 e. The van der Waals surface area contributed by atoms with E-state index in [1.165, 1.54) is 5.56 Å². The molecule has 1 amide bonds. The molecule has 0 heterocycles. The Morgan fingerprint density at radius 2 is 1.65 bits per heavy atom. The highest BCUT2D eigenvalue weighted by Gasteiger charge is 2.21. The van der Waals surface area contributed by atoms with Crippen LogP contribution in [0.5, 0.6) is 5.75 Å². The topological polar surface area (TPSA) is 64.3 Å². The Balaban J connectivity index is 0.00000338. The molecule has 0 aliphatic rings. The van der Waals surface area contributed by atoms with Crippen LogP contribution >= 0.6 is 12.4 Å². The van der Waals surface area contributed by atoms with Gasteiger partial charge in [-0.15, -0.1) is 12.4 Å². The molecule has 4 nitrogen and oxygen atoms in total. The molecule has 142 valence electrons. The zero-order valence-corrected chi connectivity index (χ0v) is 16.5. The van der Waals surface area contributed by atoms with E-state index in [0.29, 0.717) is 19.1 Å². The molecule has 0 fully saturated rings. The lowest BCUT2D eigenvalue weighted by molar-refractivity contribution is -0.125. The second-order valence-corrected chi connectivity index (χ2v) is 6.56. The van der Waals surface area contributed by atoms with Crippen molar-refractivity contribution in [2.45, 2.75) is 32.7 Å². The molecule has 0 aliphatic carbocycles. The first kappa shape index (κ1) is 22.0. The number of hydrogen-bond acceptors (Lipinski definition) is 3. The minimum absolute atomic E-state index is 0. The minimum Gasteiger partial charge on any atom is -0.491 e. The average Bonchev–Trinajstić information content (AvgIpc) is 2.64. The molecule has 2 unspecified atom stereocenters. The Hall–Kier alpha value is -2.04. The third kappa shape index (κ3) is 6.04. The number of amides is 1. The van der Waals surface area contributed by atoms with E-state index in [9.17, 15) is 4.79 Å². The molecule has 2 atom stereocenters. The molecule has 3 N–H and O–H groups in total. The first-order chi connectivity index (χ1) is 12.0. The summed E-state index contributed by atoms with van der Waals surface area (Å²) in [5.74, 6) is 0.915.